The number of rotatable bonds is 7. The van der Waals surface area contributed by atoms with Gasteiger partial charge in [0.25, 0.3) is 0 Å². The second kappa shape index (κ2) is 8.80. The van der Waals surface area contributed by atoms with Crippen molar-refractivity contribution < 1.29 is 13.2 Å². The molecule has 4 nitrogen and oxygen atoms in total. The van der Waals surface area contributed by atoms with E-state index in [9.17, 15) is 13.2 Å². The van der Waals surface area contributed by atoms with Crippen LogP contribution in [0.1, 0.15) is 48.2 Å². The third kappa shape index (κ3) is 5.59. The average molecular weight is 424 g/mol. The largest absolute Gasteiger partial charge is 0.344 e. The molecule has 1 saturated heterocycles. The molecule has 1 amide bonds. The summed E-state index contributed by atoms with van der Waals surface area (Å²) in [5.74, 6) is 1.12. The molecule has 7 heteroatoms. The minimum Gasteiger partial charge on any atom is -0.344 e. The number of thioether (sulfide) groups is 1. The summed E-state index contributed by atoms with van der Waals surface area (Å²) in [4.78, 5) is 13.6. The molecule has 0 saturated carbocycles. The van der Waals surface area contributed by atoms with E-state index in [4.69, 9.17) is 0 Å². The molecule has 2 unspecified atom stereocenters. The molecular formula is C20H25NO3S3. The van der Waals surface area contributed by atoms with Crippen LogP contribution in [-0.4, -0.2) is 36.8 Å². The van der Waals surface area contributed by atoms with Gasteiger partial charge in [-0.15, -0.1) is 23.1 Å². The highest BCUT2D eigenvalue weighted by molar-refractivity contribution is 8.02. The molecular weight excluding hydrogens is 398 g/mol. The van der Waals surface area contributed by atoms with Crippen LogP contribution in [0.15, 0.2) is 41.8 Å². The first kappa shape index (κ1) is 20.4. The van der Waals surface area contributed by atoms with Crippen molar-refractivity contribution in [3.63, 3.8) is 0 Å². The van der Waals surface area contributed by atoms with E-state index in [0.29, 0.717) is 12.3 Å². The van der Waals surface area contributed by atoms with Gasteiger partial charge in [-0.25, -0.2) is 8.42 Å². The minimum atomic E-state index is -2.91. The molecule has 0 spiro atoms. The Morgan fingerprint density at radius 3 is 2.48 bits per heavy atom. The molecule has 1 aliphatic rings. The third-order valence-corrected chi connectivity index (χ3v) is 8.93. The lowest BCUT2D eigenvalue weighted by Crippen LogP contribution is -2.31. The summed E-state index contributed by atoms with van der Waals surface area (Å²) in [5, 5.41) is 5.17. The zero-order valence-corrected chi connectivity index (χ0v) is 18.0. The maximum atomic E-state index is 12.5. The number of carbonyl (C=O) groups is 1. The number of amides is 1. The summed E-state index contributed by atoms with van der Waals surface area (Å²) in [7, 11) is -2.91. The van der Waals surface area contributed by atoms with Gasteiger partial charge in [0, 0.05) is 10.1 Å². The molecule has 2 atom stereocenters. The van der Waals surface area contributed by atoms with E-state index in [1.165, 1.54) is 17.3 Å². The maximum Gasteiger partial charge on any atom is 0.230 e. The van der Waals surface area contributed by atoms with Crippen molar-refractivity contribution in [2.24, 2.45) is 0 Å². The van der Waals surface area contributed by atoms with Crippen molar-refractivity contribution in [1.82, 2.24) is 5.32 Å². The fraction of sp³-hybridized carbons (Fsp3) is 0.450. The van der Waals surface area contributed by atoms with E-state index in [0.717, 1.165) is 10.4 Å². The van der Waals surface area contributed by atoms with Gasteiger partial charge >= 0.3 is 0 Å². The van der Waals surface area contributed by atoms with E-state index < -0.39 is 9.84 Å². The molecule has 1 aliphatic heterocycles. The van der Waals surface area contributed by atoms with Gasteiger partial charge in [-0.05, 0) is 34.9 Å². The summed E-state index contributed by atoms with van der Waals surface area (Å²) in [5.41, 5.74) is 2.33. The Morgan fingerprint density at radius 2 is 1.93 bits per heavy atom. The lowest BCUT2D eigenvalue weighted by molar-refractivity contribution is -0.119. The zero-order valence-electron chi connectivity index (χ0n) is 15.6. The van der Waals surface area contributed by atoms with Crippen molar-refractivity contribution in [3.05, 3.63) is 57.8 Å². The third-order valence-electron chi connectivity index (χ3n) is 4.71. The van der Waals surface area contributed by atoms with Gasteiger partial charge in [-0.3, -0.25) is 4.79 Å². The Morgan fingerprint density at radius 1 is 1.22 bits per heavy atom. The van der Waals surface area contributed by atoms with Crippen LogP contribution in [-0.2, 0) is 14.6 Å². The zero-order chi connectivity index (χ0) is 19.4. The topological polar surface area (TPSA) is 63.2 Å². The van der Waals surface area contributed by atoms with E-state index in [-0.39, 0.29) is 34.5 Å². The Balaban J connectivity index is 1.66. The summed E-state index contributed by atoms with van der Waals surface area (Å²) in [6.07, 6.45) is 0.644. The number of sulfone groups is 1. The number of carbonyl (C=O) groups excluding carboxylic acids is 1. The van der Waals surface area contributed by atoms with Crippen molar-refractivity contribution in [2.75, 3.05) is 17.3 Å². The fourth-order valence-corrected chi connectivity index (χ4v) is 7.39. The highest BCUT2D eigenvalue weighted by Gasteiger charge is 2.29. The molecule has 1 fully saturated rings. The van der Waals surface area contributed by atoms with Gasteiger partial charge in [0.15, 0.2) is 9.84 Å². The second-order valence-corrected chi connectivity index (χ2v) is 11.7. The number of hydrogen-bond donors (Lipinski definition) is 1. The van der Waals surface area contributed by atoms with Crippen LogP contribution in [0, 0.1) is 0 Å². The van der Waals surface area contributed by atoms with E-state index in [1.807, 2.05) is 17.5 Å². The average Bonchev–Trinajstić information content (AvgIpc) is 3.27. The summed E-state index contributed by atoms with van der Waals surface area (Å²) >= 11 is 3.07. The predicted molar refractivity (Wildman–Crippen MR) is 114 cm³/mol. The maximum absolute atomic E-state index is 12.5. The summed E-state index contributed by atoms with van der Waals surface area (Å²) in [6, 6.07) is 12.2. The van der Waals surface area contributed by atoms with Crippen molar-refractivity contribution in [1.29, 1.82) is 0 Å². The number of hydrogen-bond acceptors (Lipinski definition) is 5. The van der Waals surface area contributed by atoms with Crippen LogP contribution >= 0.6 is 23.1 Å². The molecule has 0 aliphatic carbocycles. The van der Waals surface area contributed by atoms with Crippen molar-refractivity contribution in [2.45, 2.75) is 37.5 Å². The smallest absolute Gasteiger partial charge is 0.230 e. The monoisotopic (exact) mass is 423 g/mol. The second-order valence-electron chi connectivity index (χ2n) is 7.17. The van der Waals surface area contributed by atoms with Gasteiger partial charge in [-0.2, -0.15) is 0 Å². The number of nitrogens with one attached hydrogen (secondary N) is 1. The first-order valence-corrected chi connectivity index (χ1v) is 12.8. The van der Waals surface area contributed by atoms with Crippen LogP contribution in [0.25, 0.3) is 0 Å². The molecule has 0 bridgehead atoms. The SMILES string of the molecule is CC(C)c1ccc(C(NC(=O)CSC2CCS(=O)(=O)C2)c2cccs2)cc1. The number of benzene rings is 1. The molecule has 1 aromatic carbocycles. The lowest BCUT2D eigenvalue weighted by Gasteiger charge is -2.19. The van der Waals surface area contributed by atoms with Crippen LogP contribution in [0.4, 0.5) is 0 Å². The molecule has 146 valence electrons. The van der Waals surface area contributed by atoms with Gasteiger partial charge in [-0.1, -0.05) is 44.2 Å². The van der Waals surface area contributed by atoms with Crippen molar-refractivity contribution in [3.8, 4) is 0 Å². The molecule has 1 N–H and O–H groups in total. The Hall–Kier alpha value is -1.31. The standard InChI is InChI=1S/C20H25NO3S3/c1-14(2)15-5-7-16(8-6-15)20(18-4-3-10-25-18)21-19(22)12-26-17-9-11-27(23,24)13-17/h3-8,10,14,17,20H,9,11-13H2,1-2H3,(H,21,22). The van der Waals surface area contributed by atoms with Crippen LogP contribution in [0.5, 0.6) is 0 Å². The quantitative estimate of drug-likeness (QED) is 0.731. The van der Waals surface area contributed by atoms with Crippen LogP contribution in [0.2, 0.25) is 0 Å². The van der Waals surface area contributed by atoms with Crippen LogP contribution in [0.3, 0.4) is 0 Å². The Bertz CT molecular complexity index is 858. The van der Waals surface area contributed by atoms with Crippen molar-refractivity contribution >= 4 is 38.8 Å². The first-order chi connectivity index (χ1) is 12.8. The molecule has 27 heavy (non-hydrogen) atoms. The minimum absolute atomic E-state index is 0.0336. The molecule has 1 aromatic heterocycles. The van der Waals surface area contributed by atoms with E-state index in [1.54, 1.807) is 11.3 Å². The predicted octanol–water partition coefficient (Wildman–Crippen LogP) is 4.00. The first-order valence-electron chi connectivity index (χ1n) is 9.09. The van der Waals surface area contributed by atoms with Crippen LogP contribution < -0.4 is 5.32 Å². The van der Waals surface area contributed by atoms with Gasteiger partial charge < -0.3 is 5.32 Å². The highest BCUT2D eigenvalue weighted by Crippen LogP contribution is 2.28. The Labute approximate surface area is 169 Å². The molecule has 2 heterocycles. The van der Waals surface area contributed by atoms with Gasteiger partial charge in [0.2, 0.25) is 5.91 Å². The van der Waals surface area contributed by atoms with E-state index in [2.05, 4.69) is 43.4 Å². The molecule has 3 rings (SSSR count). The Kier molecular flexibility index (Phi) is 6.65. The molecule has 0 radical (unpaired) electrons. The van der Waals surface area contributed by atoms with E-state index >= 15 is 0 Å². The van der Waals surface area contributed by atoms with Gasteiger partial charge in [0.1, 0.15) is 0 Å². The normalized spacial score (nSPS) is 19.9. The molecule has 2 aromatic rings. The highest BCUT2D eigenvalue weighted by atomic mass is 32.2. The van der Waals surface area contributed by atoms with Gasteiger partial charge in [0.05, 0.1) is 23.3 Å². The fourth-order valence-electron chi connectivity index (χ4n) is 3.14. The number of thiophene rings is 1. The summed E-state index contributed by atoms with van der Waals surface area (Å²) < 4.78 is 23.1. The summed E-state index contributed by atoms with van der Waals surface area (Å²) in [6.45, 7) is 4.32. The lowest BCUT2D eigenvalue weighted by atomic mass is 9.98.